The van der Waals surface area contributed by atoms with E-state index in [9.17, 15) is 14.3 Å². The second-order valence-electron chi connectivity index (χ2n) is 6.24. The molecule has 0 unspecified atom stereocenters. The summed E-state index contributed by atoms with van der Waals surface area (Å²) in [5.74, 6) is -0.243. The maximum atomic E-state index is 14.3. The molecule has 1 aliphatic rings. The molecule has 1 aliphatic heterocycles. The summed E-state index contributed by atoms with van der Waals surface area (Å²) in [6.07, 6.45) is 4.66. The summed E-state index contributed by atoms with van der Waals surface area (Å²) in [7, 11) is 0. The molecule has 1 aromatic carbocycles. The van der Waals surface area contributed by atoms with Crippen LogP contribution in [0.15, 0.2) is 18.2 Å². The van der Waals surface area contributed by atoms with E-state index in [4.69, 9.17) is 0 Å². The second kappa shape index (κ2) is 8.87. The van der Waals surface area contributed by atoms with Gasteiger partial charge < -0.3 is 15.3 Å². The van der Waals surface area contributed by atoms with Crippen LogP contribution in [0.25, 0.3) is 0 Å². The lowest BCUT2D eigenvalue weighted by atomic mass is 10.1. The van der Waals surface area contributed by atoms with Crippen LogP contribution in [0.4, 0.5) is 10.1 Å². The highest BCUT2D eigenvalue weighted by Gasteiger charge is 2.19. The van der Waals surface area contributed by atoms with Crippen molar-refractivity contribution in [2.45, 2.75) is 58.1 Å². The first-order valence-corrected chi connectivity index (χ1v) is 8.58. The van der Waals surface area contributed by atoms with Gasteiger partial charge in [-0.3, -0.25) is 4.79 Å². The maximum Gasteiger partial charge on any atom is 0.220 e. The van der Waals surface area contributed by atoms with E-state index in [-0.39, 0.29) is 17.8 Å². The van der Waals surface area contributed by atoms with Crippen LogP contribution in [0, 0.1) is 5.82 Å². The van der Waals surface area contributed by atoms with Gasteiger partial charge >= 0.3 is 0 Å². The Kier molecular flexibility index (Phi) is 6.84. The number of nitrogens with zero attached hydrogens (tertiary/aromatic N) is 1. The topological polar surface area (TPSA) is 52.6 Å². The van der Waals surface area contributed by atoms with Gasteiger partial charge in [-0.1, -0.05) is 25.8 Å². The number of aliphatic hydroxyl groups excluding tert-OH is 1. The molecule has 2 N–H and O–H groups in total. The summed E-state index contributed by atoms with van der Waals surface area (Å²) < 4.78 is 14.3. The number of rotatable bonds is 7. The number of hydrogen-bond acceptors (Lipinski definition) is 3. The van der Waals surface area contributed by atoms with E-state index in [1.165, 1.54) is 6.07 Å². The molecule has 1 fully saturated rings. The van der Waals surface area contributed by atoms with Crippen molar-refractivity contribution < 1.29 is 14.3 Å². The maximum absolute atomic E-state index is 14.3. The third-order valence-electron chi connectivity index (χ3n) is 4.31. The van der Waals surface area contributed by atoms with Gasteiger partial charge in [-0.2, -0.15) is 0 Å². The molecule has 1 saturated heterocycles. The average molecular weight is 322 g/mol. The number of nitrogens with one attached hydrogen (secondary N) is 1. The molecular formula is C18H27FN2O2. The van der Waals surface area contributed by atoms with Crippen molar-refractivity contribution in [2.24, 2.45) is 0 Å². The number of aliphatic hydroxyl groups is 1. The first-order valence-electron chi connectivity index (χ1n) is 8.58. The van der Waals surface area contributed by atoms with Crippen LogP contribution in [0.5, 0.6) is 0 Å². The van der Waals surface area contributed by atoms with Crippen molar-refractivity contribution in [3.05, 3.63) is 29.6 Å². The third-order valence-corrected chi connectivity index (χ3v) is 4.31. The van der Waals surface area contributed by atoms with Crippen LogP contribution >= 0.6 is 0 Å². The monoisotopic (exact) mass is 322 g/mol. The van der Waals surface area contributed by atoms with E-state index < -0.39 is 0 Å². The van der Waals surface area contributed by atoms with Gasteiger partial charge in [0.15, 0.2) is 0 Å². The highest BCUT2D eigenvalue weighted by Crippen LogP contribution is 2.24. The Morgan fingerprint density at radius 2 is 2.09 bits per heavy atom. The van der Waals surface area contributed by atoms with Gasteiger partial charge in [-0.15, -0.1) is 0 Å². The number of halogens is 1. The van der Waals surface area contributed by atoms with Crippen molar-refractivity contribution in [1.82, 2.24) is 5.32 Å². The number of anilines is 1. The van der Waals surface area contributed by atoms with Crippen molar-refractivity contribution in [1.29, 1.82) is 0 Å². The Bertz CT molecular complexity index is 514. The molecule has 0 bridgehead atoms. The molecule has 23 heavy (non-hydrogen) atoms. The molecule has 2 rings (SSSR count). The first kappa shape index (κ1) is 17.7. The number of carbonyl (C=O) groups excluding carboxylic acids is 1. The van der Waals surface area contributed by atoms with Gasteiger partial charge in [0.25, 0.3) is 0 Å². The fourth-order valence-electron chi connectivity index (χ4n) is 2.85. The molecule has 4 nitrogen and oxygen atoms in total. The lowest BCUT2D eigenvalue weighted by molar-refractivity contribution is -0.121. The molecule has 0 saturated carbocycles. The summed E-state index contributed by atoms with van der Waals surface area (Å²) in [4.78, 5) is 13.7. The fourth-order valence-corrected chi connectivity index (χ4v) is 2.85. The minimum atomic E-state index is -0.267. The molecule has 0 radical (unpaired) electrons. The van der Waals surface area contributed by atoms with Crippen molar-refractivity contribution in [2.75, 3.05) is 18.0 Å². The van der Waals surface area contributed by atoms with Crippen molar-refractivity contribution >= 4 is 11.6 Å². The van der Waals surface area contributed by atoms with E-state index in [2.05, 4.69) is 12.2 Å². The first-order chi connectivity index (χ1) is 11.1. The van der Waals surface area contributed by atoms with Gasteiger partial charge in [0.05, 0.1) is 11.8 Å². The molecule has 1 amide bonds. The average Bonchev–Trinajstić information content (AvgIpc) is 2.54. The number of unbranched alkanes of at least 4 members (excludes halogenated alkanes) is 2. The SMILES string of the molecule is CCCCCC(=O)NCc1ccc(N2CCC(O)CC2)c(F)c1. The molecule has 1 aromatic rings. The van der Waals surface area contributed by atoms with Crippen LogP contribution in [0.2, 0.25) is 0 Å². The highest BCUT2D eigenvalue weighted by molar-refractivity contribution is 5.75. The Balaban J connectivity index is 1.85. The van der Waals surface area contributed by atoms with Gasteiger partial charge in [0.1, 0.15) is 5.82 Å². The molecule has 0 spiro atoms. The number of hydrogen-bond donors (Lipinski definition) is 2. The van der Waals surface area contributed by atoms with Gasteiger partial charge in [0.2, 0.25) is 5.91 Å². The molecule has 1 heterocycles. The van der Waals surface area contributed by atoms with Crippen LogP contribution in [0.1, 0.15) is 51.0 Å². The number of amides is 1. The second-order valence-corrected chi connectivity index (χ2v) is 6.24. The predicted octanol–water partition coefficient (Wildman–Crippen LogP) is 2.98. The minimum absolute atomic E-state index is 0.0213. The van der Waals surface area contributed by atoms with Crippen LogP contribution < -0.4 is 10.2 Å². The summed E-state index contributed by atoms with van der Waals surface area (Å²) in [6, 6.07) is 5.12. The van der Waals surface area contributed by atoms with Gasteiger partial charge in [-0.05, 0) is 37.0 Å². The molecule has 0 aliphatic carbocycles. The van der Waals surface area contributed by atoms with E-state index >= 15 is 0 Å². The molecular weight excluding hydrogens is 295 g/mol. The van der Waals surface area contributed by atoms with Crippen LogP contribution in [0.3, 0.4) is 0 Å². The van der Waals surface area contributed by atoms with E-state index in [0.717, 1.165) is 24.8 Å². The van der Waals surface area contributed by atoms with E-state index in [1.807, 2.05) is 11.0 Å². The van der Waals surface area contributed by atoms with Gasteiger partial charge in [-0.25, -0.2) is 4.39 Å². The van der Waals surface area contributed by atoms with Gasteiger partial charge in [0, 0.05) is 26.1 Å². The van der Waals surface area contributed by atoms with Crippen LogP contribution in [-0.2, 0) is 11.3 Å². The standard InChI is InChI=1S/C18H27FN2O2/c1-2-3-4-5-18(23)20-13-14-6-7-17(16(19)12-14)21-10-8-15(22)9-11-21/h6-7,12,15,22H,2-5,8-11,13H2,1H3,(H,20,23). The third kappa shape index (κ3) is 5.50. The van der Waals surface area contributed by atoms with Crippen LogP contribution in [-0.4, -0.2) is 30.2 Å². The Hall–Kier alpha value is -1.62. The summed E-state index contributed by atoms with van der Waals surface area (Å²) in [5, 5.41) is 12.4. The van der Waals surface area contributed by atoms with Crippen molar-refractivity contribution in [3.8, 4) is 0 Å². The van der Waals surface area contributed by atoms with E-state index in [1.54, 1.807) is 6.07 Å². The van der Waals surface area contributed by atoms with E-state index in [0.29, 0.717) is 44.6 Å². The predicted molar refractivity (Wildman–Crippen MR) is 89.8 cm³/mol. The zero-order valence-corrected chi connectivity index (χ0v) is 13.9. The zero-order valence-electron chi connectivity index (χ0n) is 13.9. The molecule has 0 aromatic heterocycles. The molecule has 128 valence electrons. The number of benzene rings is 1. The molecule has 0 atom stereocenters. The highest BCUT2D eigenvalue weighted by atomic mass is 19.1. The van der Waals surface area contributed by atoms with Crippen molar-refractivity contribution in [3.63, 3.8) is 0 Å². The summed E-state index contributed by atoms with van der Waals surface area (Å²) in [5.41, 5.74) is 1.35. The summed E-state index contributed by atoms with van der Waals surface area (Å²) in [6.45, 7) is 3.81. The number of carbonyl (C=O) groups is 1. The Morgan fingerprint density at radius 3 is 2.74 bits per heavy atom. The smallest absolute Gasteiger partial charge is 0.220 e. The fraction of sp³-hybridized carbons (Fsp3) is 0.611. The minimum Gasteiger partial charge on any atom is -0.393 e. The Labute approximate surface area is 137 Å². The zero-order chi connectivity index (χ0) is 16.7. The largest absolute Gasteiger partial charge is 0.393 e. The lowest BCUT2D eigenvalue weighted by Gasteiger charge is -2.31. The molecule has 5 heteroatoms. The quantitative estimate of drug-likeness (QED) is 0.759. The lowest BCUT2D eigenvalue weighted by Crippen LogP contribution is -2.36. The Morgan fingerprint density at radius 1 is 1.35 bits per heavy atom. The number of piperidine rings is 1. The normalized spacial score (nSPS) is 15.7. The summed E-state index contributed by atoms with van der Waals surface area (Å²) >= 11 is 0.